The summed E-state index contributed by atoms with van der Waals surface area (Å²) in [5, 5.41) is 7.93. The maximum absolute atomic E-state index is 4.70. The van der Waals surface area contributed by atoms with Gasteiger partial charge in [-0.1, -0.05) is 26.7 Å². The fourth-order valence-corrected chi connectivity index (χ4v) is 3.76. The Balaban J connectivity index is 2.71. The summed E-state index contributed by atoms with van der Waals surface area (Å²) >= 11 is 1.73. The van der Waals surface area contributed by atoms with E-state index in [0.29, 0.717) is 18.5 Å². The molecule has 5 nitrogen and oxygen atoms in total. The van der Waals surface area contributed by atoms with Crippen LogP contribution in [0.1, 0.15) is 49.2 Å². The van der Waals surface area contributed by atoms with Crippen LogP contribution in [0.2, 0.25) is 0 Å². The molecule has 0 radical (unpaired) electrons. The molecular formula is C18H35N5S. The number of hydrogen-bond acceptors (Lipinski definition) is 4. The highest BCUT2D eigenvalue weighted by Crippen LogP contribution is 2.17. The molecule has 1 atom stereocenters. The van der Waals surface area contributed by atoms with E-state index in [-0.39, 0.29) is 0 Å². The van der Waals surface area contributed by atoms with Crippen molar-refractivity contribution in [3.05, 3.63) is 15.6 Å². The number of thiazole rings is 1. The smallest absolute Gasteiger partial charge is 0.191 e. The minimum Gasteiger partial charge on any atom is -0.357 e. The van der Waals surface area contributed by atoms with E-state index in [1.54, 1.807) is 11.3 Å². The molecule has 0 saturated carbocycles. The van der Waals surface area contributed by atoms with Crippen LogP contribution in [0.3, 0.4) is 0 Å². The minimum atomic E-state index is 0.508. The zero-order chi connectivity index (χ0) is 18.1. The summed E-state index contributed by atoms with van der Waals surface area (Å²) in [6.45, 7) is 13.2. The predicted octanol–water partition coefficient (Wildman–Crippen LogP) is 3.18. The average molecular weight is 354 g/mol. The van der Waals surface area contributed by atoms with Gasteiger partial charge in [0.1, 0.15) is 5.01 Å². The summed E-state index contributed by atoms with van der Waals surface area (Å²) < 4.78 is 0. The van der Waals surface area contributed by atoms with Gasteiger partial charge in [-0.25, -0.2) is 9.98 Å². The molecule has 0 fully saturated rings. The molecule has 0 bridgehead atoms. The molecule has 0 aliphatic rings. The SMILES string of the molecule is CCNC(=NCc1nc(C)c(C)s1)NCC(C(CC)CC)N(C)C. The number of aryl methyl sites for hydroxylation is 2. The fourth-order valence-electron chi connectivity index (χ4n) is 2.90. The molecule has 1 aromatic rings. The molecule has 0 aromatic carbocycles. The number of nitrogens with one attached hydrogen (secondary N) is 2. The first-order chi connectivity index (χ1) is 11.4. The lowest BCUT2D eigenvalue weighted by molar-refractivity contribution is 0.200. The average Bonchev–Trinajstić information content (AvgIpc) is 2.86. The van der Waals surface area contributed by atoms with Gasteiger partial charge in [-0.3, -0.25) is 0 Å². The van der Waals surface area contributed by atoms with Crippen LogP contribution in [-0.4, -0.2) is 49.1 Å². The Bertz CT molecular complexity index is 486. The molecule has 24 heavy (non-hydrogen) atoms. The molecule has 1 unspecified atom stereocenters. The number of likely N-dealkylation sites (N-methyl/N-ethyl adjacent to an activating group) is 1. The number of nitrogens with zero attached hydrogens (tertiary/aromatic N) is 3. The summed E-state index contributed by atoms with van der Waals surface area (Å²) in [7, 11) is 4.33. The zero-order valence-corrected chi connectivity index (χ0v) is 17.3. The van der Waals surface area contributed by atoms with Crippen LogP contribution in [-0.2, 0) is 6.54 Å². The number of aliphatic imine (C=N–C) groups is 1. The second-order valence-corrected chi connectivity index (χ2v) is 7.72. The maximum Gasteiger partial charge on any atom is 0.191 e. The van der Waals surface area contributed by atoms with E-state index in [9.17, 15) is 0 Å². The Hall–Kier alpha value is -1.14. The zero-order valence-electron chi connectivity index (χ0n) is 16.4. The first-order valence-corrected chi connectivity index (χ1v) is 9.85. The van der Waals surface area contributed by atoms with Crippen molar-refractivity contribution in [2.45, 2.75) is 60.0 Å². The predicted molar refractivity (Wildman–Crippen MR) is 106 cm³/mol. The minimum absolute atomic E-state index is 0.508. The molecule has 0 amide bonds. The third kappa shape index (κ3) is 6.40. The second kappa shape index (κ2) is 10.7. The lowest BCUT2D eigenvalue weighted by Crippen LogP contribution is -2.48. The van der Waals surface area contributed by atoms with Crippen LogP contribution in [0.25, 0.3) is 0 Å². The van der Waals surface area contributed by atoms with Gasteiger partial charge in [-0.15, -0.1) is 11.3 Å². The summed E-state index contributed by atoms with van der Waals surface area (Å²) in [5.74, 6) is 1.57. The first-order valence-electron chi connectivity index (χ1n) is 9.04. The van der Waals surface area contributed by atoms with Crippen molar-refractivity contribution < 1.29 is 0 Å². The molecule has 1 rings (SSSR count). The van der Waals surface area contributed by atoms with Crippen molar-refractivity contribution in [3.8, 4) is 0 Å². The van der Waals surface area contributed by atoms with Crippen molar-refractivity contribution in [1.82, 2.24) is 20.5 Å². The van der Waals surface area contributed by atoms with E-state index in [1.807, 2.05) is 0 Å². The van der Waals surface area contributed by atoms with E-state index in [1.165, 1.54) is 17.7 Å². The van der Waals surface area contributed by atoms with Crippen LogP contribution in [0.5, 0.6) is 0 Å². The molecule has 6 heteroatoms. The molecule has 0 saturated heterocycles. The van der Waals surface area contributed by atoms with Crippen molar-refractivity contribution in [2.24, 2.45) is 10.9 Å². The van der Waals surface area contributed by atoms with Crippen LogP contribution in [0, 0.1) is 19.8 Å². The first kappa shape index (κ1) is 20.9. The molecule has 1 heterocycles. The summed E-state index contributed by atoms with van der Waals surface area (Å²) in [6, 6.07) is 0.508. The molecular weight excluding hydrogens is 318 g/mol. The number of rotatable bonds is 9. The van der Waals surface area contributed by atoms with Gasteiger partial charge < -0.3 is 15.5 Å². The van der Waals surface area contributed by atoms with Gasteiger partial charge in [0.05, 0.1) is 12.2 Å². The molecule has 2 N–H and O–H groups in total. The van der Waals surface area contributed by atoms with E-state index in [0.717, 1.165) is 29.8 Å². The Morgan fingerprint density at radius 3 is 2.29 bits per heavy atom. The topological polar surface area (TPSA) is 52.6 Å². The monoisotopic (exact) mass is 353 g/mol. The lowest BCUT2D eigenvalue weighted by atomic mass is 9.93. The lowest BCUT2D eigenvalue weighted by Gasteiger charge is -2.32. The van der Waals surface area contributed by atoms with Crippen molar-refractivity contribution in [1.29, 1.82) is 0 Å². The van der Waals surface area contributed by atoms with Crippen LogP contribution >= 0.6 is 11.3 Å². The highest BCUT2D eigenvalue weighted by atomic mass is 32.1. The standard InChI is InChI=1S/C18H35N5S/c1-8-15(9-2)16(23(6)7)11-20-18(19-10-3)21-12-17-22-13(4)14(5)24-17/h15-16H,8-12H2,1-7H3,(H2,19,20,21). The van der Waals surface area contributed by atoms with Crippen molar-refractivity contribution in [2.75, 3.05) is 27.2 Å². The van der Waals surface area contributed by atoms with Crippen molar-refractivity contribution in [3.63, 3.8) is 0 Å². The van der Waals surface area contributed by atoms with Crippen molar-refractivity contribution >= 4 is 17.3 Å². The van der Waals surface area contributed by atoms with Gasteiger partial charge in [0.25, 0.3) is 0 Å². The van der Waals surface area contributed by atoms with Gasteiger partial charge in [-0.05, 0) is 40.8 Å². The molecule has 0 aliphatic carbocycles. The van der Waals surface area contributed by atoms with Gasteiger partial charge in [0.15, 0.2) is 5.96 Å². The highest BCUT2D eigenvalue weighted by Gasteiger charge is 2.20. The Morgan fingerprint density at radius 2 is 1.83 bits per heavy atom. The van der Waals surface area contributed by atoms with Crippen LogP contribution < -0.4 is 10.6 Å². The maximum atomic E-state index is 4.70. The van der Waals surface area contributed by atoms with E-state index < -0.39 is 0 Å². The summed E-state index contributed by atoms with van der Waals surface area (Å²) in [6.07, 6.45) is 2.40. The Labute approximate surface area is 152 Å². The molecule has 1 aromatic heterocycles. The normalized spacial score (nSPS) is 13.6. The van der Waals surface area contributed by atoms with Gasteiger partial charge in [-0.2, -0.15) is 0 Å². The third-order valence-electron chi connectivity index (χ3n) is 4.52. The van der Waals surface area contributed by atoms with E-state index >= 15 is 0 Å². The third-order valence-corrected chi connectivity index (χ3v) is 5.58. The molecule has 0 aliphatic heterocycles. The molecule has 0 spiro atoms. The Kier molecular flexibility index (Phi) is 9.29. The summed E-state index contributed by atoms with van der Waals surface area (Å²) in [5.41, 5.74) is 1.12. The highest BCUT2D eigenvalue weighted by molar-refractivity contribution is 7.11. The fraction of sp³-hybridized carbons (Fsp3) is 0.778. The van der Waals surface area contributed by atoms with Gasteiger partial charge in [0, 0.05) is 24.0 Å². The van der Waals surface area contributed by atoms with E-state index in [2.05, 4.69) is 69.2 Å². The number of aromatic nitrogens is 1. The van der Waals surface area contributed by atoms with Crippen LogP contribution in [0.4, 0.5) is 0 Å². The largest absolute Gasteiger partial charge is 0.357 e. The van der Waals surface area contributed by atoms with Gasteiger partial charge in [0.2, 0.25) is 0 Å². The second-order valence-electron chi connectivity index (χ2n) is 6.43. The summed E-state index contributed by atoms with van der Waals surface area (Å²) in [4.78, 5) is 12.9. The molecule has 138 valence electrons. The Morgan fingerprint density at radius 1 is 1.17 bits per heavy atom. The van der Waals surface area contributed by atoms with Crippen LogP contribution in [0.15, 0.2) is 4.99 Å². The van der Waals surface area contributed by atoms with Gasteiger partial charge >= 0.3 is 0 Å². The quantitative estimate of drug-likeness (QED) is 0.529. The number of hydrogen-bond donors (Lipinski definition) is 2. The van der Waals surface area contributed by atoms with E-state index in [4.69, 9.17) is 4.99 Å². The number of guanidine groups is 1.